The first-order chi connectivity index (χ1) is 8.65. The molecule has 0 aromatic heterocycles. The molecule has 0 aromatic carbocycles. The average molecular weight is 252 g/mol. The van der Waals surface area contributed by atoms with Crippen LogP contribution in [0.4, 0.5) is 0 Å². The van der Waals surface area contributed by atoms with E-state index < -0.39 is 0 Å². The molecule has 2 rings (SSSR count). The molecule has 0 heterocycles. The molecule has 2 saturated carbocycles. The Bertz CT molecular complexity index is 241. The van der Waals surface area contributed by atoms with Gasteiger partial charge in [-0.25, -0.2) is 0 Å². The number of rotatable bonds is 7. The van der Waals surface area contributed by atoms with Crippen LogP contribution in [0.2, 0.25) is 0 Å². The predicted octanol–water partition coefficient (Wildman–Crippen LogP) is 3.42. The maximum atomic E-state index is 3.80. The predicted molar refractivity (Wildman–Crippen MR) is 78.9 cm³/mol. The molecule has 2 fully saturated rings. The summed E-state index contributed by atoms with van der Waals surface area (Å²) in [6.07, 6.45) is 11.3. The molecule has 106 valence electrons. The van der Waals surface area contributed by atoms with Gasteiger partial charge in [0.1, 0.15) is 0 Å². The van der Waals surface area contributed by atoms with Crippen molar-refractivity contribution in [3.63, 3.8) is 0 Å². The van der Waals surface area contributed by atoms with Crippen molar-refractivity contribution in [2.45, 2.75) is 77.3 Å². The summed E-state index contributed by atoms with van der Waals surface area (Å²) in [6, 6.07) is 1.59. The Hall–Kier alpha value is -0.0800. The zero-order chi connectivity index (χ0) is 13.0. The van der Waals surface area contributed by atoms with Gasteiger partial charge in [0.15, 0.2) is 0 Å². The standard InChI is InChI=1S/C16H32N2/c1-4-14(2)18(3)13-16(10-6-5-7-11-16)12-17-15-8-9-15/h14-15,17H,4-13H2,1-3H3. The molecule has 0 spiro atoms. The fraction of sp³-hybridized carbons (Fsp3) is 1.00. The fourth-order valence-corrected chi connectivity index (χ4v) is 3.34. The van der Waals surface area contributed by atoms with Crippen molar-refractivity contribution in [3.05, 3.63) is 0 Å². The Balaban J connectivity index is 1.89. The third-order valence-corrected chi connectivity index (χ3v) is 5.19. The molecular formula is C16H32N2. The van der Waals surface area contributed by atoms with Gasteiger partial charge in [0.25, 0.3) is 0 Å². The highest BCUT2D eigenvalue weighted by molar-refractivity contribution is 4.91. The Kier molecular flexibility index (Phi) is 5.08. The van der Waals surface area contributed by atoms with Gasteiger partial charge in [-0.15, -0.1) is 0 Å². The Labute approximate surface area is 114 Å². The van der Waals surface area contributed by atoms with Crippen molar-refractivity contribution in [1.29, 1.82) is 0 Å². The van der Waals surface area contributed by atoms with E-state index in [1.54, 1.807) is 0 Å². The smallest absolute Gasteiger partial charge is 0.00684 e. The van der Waals surface area contributed by atoms with Gasteiger partial charge in [0.2, 0.25) is 0 Å². The van der Waals surface area contributed by atoms with Crippen molar-refractivity contribution in [1.82, 2.24) is 10.2 Å². The Morgan fingerprint density at radius 1 is 1.22 bits per heavy atom. The Morgan fingerprint density at radius 3 is 2.44 bits per heavy atom. The maximum Gasteiger partial charge on any atom is 0.00684 e. The number of nitrogens with one attached hydrogen (secondary N) is 1. The van der Waals surface area contributed by atoms with E-state index in [0.717, 1.165) is 12.1 Å². The molecule has 1 N–H and O–H groups in total. The molecule has 1 unspecified atom stereocenters. The summed E-state index contributed by atoms with van der Waals surface area (Å²) < 4.78 is 0. The zero-order valence-electron chi connectivity index (χ0n) is 12.7. The Morgan fingerprint density at radius 2 is 1.89 bits per heavy atom. The van der Waals surface area contributed by atoms with Crippen LogP contribution in [0.15, 0.2) is 0 Å². The van der Waals surface area contributed by atoms with Crippen molar-refractivity contribution >= 4 is 0 Å². The van der Waals surface area contributed by atoms with Crippen LogP contribution in [0.1, 0.15) is 65.2 Å². The molecule has 2 nitrogen and oxygen atoms in total. The summed E-state index contributed by atoms with van der Waals surface area (Å²) in [4.78, 5) is 2.60. The van der Waals surface area contributed by atoms with Crippen LogP contribution in [-0.4, -0.2) is 37.1 Å². The van der Waals surface area contributed by atoms with Crippen LogP contribution in [0, 0.1) is 5.41 Å². The number of nitrogens with zero attached hydrogens (tertiary/aromatic N) is 1. The van der Waals surface area contributed by atoms with Gasteiger partial charge in [-0.1, -0.05) is 26.2 Å². The minimum absolute atomic E-state index is 0.568. The second-order valence-corrected chi connectivity index (χ2v) is 6.89. The monoisotopic (exact) mass is 252 g/mol. The second kappa shape index (κ2) is 6.38. The van der Waals surface area contributed by atoms with Crippen molar-refractivity contribution in [3.8, 4) is 0 Å². The van der Waals surface area contributed by atoms with Gasteiger partial charge in [-0.2, -0.15) is 0 Å². The fourth-order valence-electron chi connectivity index (χ4n) is 3.34. The lowest BCUT2D eigenvalue weighted by molar-refractivity contribution is 0.0954. The van der Waals surface area contributed by atoms with Gasteiger partial charge in [0.05, 0.1) is 0 Å². The minimum Gasteiger partial charge on any atom is -0.313 e. The summed E-state index contributed by atoms with van der Waals surface area (Å²) in [5, 5.41) is 3.80. The van der Waals surface area contributed by atoms with Gasteiger partial charge < -0.3 is 10.2 Å². The van der Waals surface area contributed by atoms with Crippen LogP contribution < -0.4 is 5.32 Å². The quantitative estimate of drug-likeness (QED) is 0.747. The number of hydrogen-bond acceptors (Lipinski definition) is 2. The first-order valence-electron chi connectivity index (χ1n) is 8.09. The van der Waals surface area contributed by atoms with Crippen LogP contribution in [0.25, 0.3) is 0 Å². The normalized spacial score (nSPS) is 25.3. The minimum atomic E-state index is 0.568. The zero-order valence-corrected chi connectivity index (χ0v) is 12.7. The van der Waals surface area contributed by atoms with E-state index in [1.165, 1.54) is 64.5 Å². The van der Waals surface area contributed by atoms with Gasteiger partial charge in [0, 0.05) is 25.2 Å². The summed E-state index contributed by atoms with van der Waals surface area (Å²) in [7, 11) is 2.32. The van der Waals surface area contributed by atoms with Crippen LogP contribution in [0.5, 0.6) is 0 Å². The average Bonchev–Trinajstić information content (AvgIpc) is 3.20. The molecule has 0 radical (unpaired) electrons. The van der Waals surface area contributed by atoms with Crippen LogP contribution in [-0.2, 0) is 0 Å². The van der Waals surface area contributed by atoms with E-state index in [9.17, 15) is 0 Å². The lowest BCUT2D eigenvalue weighted by Gasteiger charge is -2.42. The van der Waals surface area contributed by atoms with Crippen molar-refractivity contribution in [2.75, 3.05) is 20.1 Å². The summed E-state index contributed by atoms with van der Waals surface area (Å²) in [5.74, 6) is 0. The molecule has 0 bridgehead atoms. The molecule has 0 aromatic rings. The van der Waals surface area contributed by atoms with Crippen LogP contribution >= 0.6 is 0 Å². The number of hydrogen-bond donors (Lipinski definition) is 1. The molecule has 18 heavy (non-hydrogen) atoms. The lowest BCUT2D eigenvalue weighted by atomic mass is 9.73. The van der Waals surface area contributed by atoms with Crippen molar-refractivity contribution < 1.29 is 0 Å². The highest BCUT2D eigenvalue weighted by Crippen LogP contribution is 2.37. The maximum absolute atomic E-state index is 3.80. The SMILES string of the molecule is CCC(C)N(C)CC1(CNC2CC2)CCCCC1. The highest BCUT2D eigenvalue weighted by atomic mass is 15.1. The molecule has 2 aliphatic carbocycles. The first kappa shape index (κ1) is 14.3. The van der Waals surface area contributed by atoms with E-state index in [1.807, 2.05) is 0 Å². The topological polar surface area (TPSA) is 15.3 Å². The van der Waals surface area contributed by atoms with Gasteiger partial charge >= 0.3 is 0 Å². The highest BCUT2D eigenvalue weighted by Gasteiger charge is 2.35. The molecule has 0 amide bonds. The van der Waals surface area contributed by atoms with Gasteiger partial charge in [-0.05, 0) is 51.5 Å². The summed E-state index contributed by atoms with van der Waals surface area (Å²) in [5.41, 5.74) is 0.568. The first-order valence-corrected chi connectivity index (χ1v) is 8.09. The largest absolute Gasteiger partial charge is 0.313 e. The molecular weight excluding hydrogens is 220 g/mol. The van der Waals surface area contributed by atoms with E-state index in [2.05, 4.69) is 31.1 Å². The molecule has 1 atom stereocenters. The third kappa shape index (κ3) is 3.96. The second-order valence-electron chi connectivity index (χ2n) is 6.89. The molecule has 0 aliphatic heterocycles. The summed E-state index contributed by atoms with van der Waals surface area (Å²) in [6.45, 7) is 7.22. The van der Waals surface area contributed by atoms with Crippen LogP contribution in [0.3, 0.4) is 0 Å². The summed E-state index contributed by atoms with van der Waals surface area (Å²) >= 11 is 0. The molecule has 2 heteroatoms. The van der Waals surface area contributed by atoms with E-state index in [0.29, 0.717) is 5.41 Å². The van der Waals surface area contributed by atoms with Crippen molar-refractivity contribution in [2.24, 2.45) is 5.41 Å². The van der Waals surface area contributed by atoms with E-state index >= 15 is 0 Å². The lowest BCUT2D eigenvalue weighted by Crippen LogP contribution is -2.46. The van der Waals surface area contributed by atoms with Gasteiger partial charge in [-0.3, -0.25) is 0 Å². The third-order valence-electron chi connectivity index (χ3n) is 5.19. The molecule has 2 aliphatic rings. The molecule has 0 saturated heterocycles. The van der Waals surface area contributed by atoms with E-state index in [4.69, 9.17) is 0 Å². The van der Waals surface area contributed by atoms with E-state index in [-0.39, 0.29) is 0 Å².